The molecule has 6 nitrogen and oxygen atoms in total. The lowest BCUT2D eigenvalue weighted by Crippen LogP contribution is -2.42. The van der Waals surface area contributed by atoms with Gasteiger partial charge in [0.15, 0.2) is 0 Å². The number of ether oxygens (including phenoxy) is 1. The Labute approximate surface area is 157 Å². The summed E-state index contributed by atoms with van der Waals surface area (Å²) in [5.41, 5.74) is 0.722. The number of para-hydroxylation sites is 1. The maximum Gasteiger partial charge on any atom is 0.294 e. The van der Waals surface area contributed by atoms with E-state index in [9.17, 15) is 14.4 Å². The van der Waals surface area contributed by atoms with E-state index in [0.717, 1.165) is 47.9 Å². The van der Waals surface area contributed by atoms with Gasteiger partial charge in [0.05, 0.1) is 12.0 Å². The van der Waals surface area contributed by atoms with Gasteiger partial charge in [0.1, 0.15) is 12.3 Å². The molecule has 3 rings (SSSR count). The molecule has 0 N–H and O–H groups in total. The molecular formula is C19H22N2O4S. The molecule has 2 saturated heterocycles. The Hall–Kier alpha value is -2.28. The van der Waals surface area contributed by atoms with Gasteiger partial charge in [-0.25, -0.2) is 0 Å². The topological polar surface area (TPSA) is 66.9 Å². The van der Waals surface area contributed by atoms with Crippen LogP contribution in [-0.4, -0.2) is 53.6 Å². The van der Waals surface area contributed by atoms with Crippen molar-refractivity contribution in [3.05, 3.63) is 34.7 Å². The highest BCUT2D eigenvalue weighted by Gasteiger charge is 2.37. The number of benzene rings is 1. The average molecular weight is 374 g/mol. The molecule has 0 spiro atoms. The molecular weight excluding hydrogens is 352 g/mol. The van der Waals surface area contributed by atoms with Crippen LogP contribution in [0, 0.1) is 0 Å². The molecule has 26 heavy (non-hydrogen) atoms. The van der Waals surface area contributed by atoms with E-state index in [1.165, 1.54) is 0 Å². The van der Waals surface area contributed by atoms with Crippen LogP contribution in [0.15, 0.2) is 29.2 Å². The predicted molar refractivity (Wildman–Crippen MR) is 101 cm³/mol. The summed E-state index contributed by atoms with van der Waals surface area (Å²) in [6, 6.07) is 7.28. The van der Waals surface area contributed by atoms with E-state index in [4.69, 9.17) is 4.74 Å². The van der Waals surface area contributed by atoms with Gasteiger partial charge in [0.25, 0.3) is 11.1 Å². The number of nitrogens with zero attached hydrogens (tertiary/aromatic N) is 2. The van der Waals surface area contributed by atoms with Gasteiger partial charge in [-0.15, -0.1) is 0 Å². The summed E-state index contributed by atoms with van der Waals surface area (Å²) >= 11 is 0.861. The lowest BCUT2D eigenvalue weighted by molar-refractivity contribution is -0.135. The first-order valence-electron chi connectivity index (χ1n) is 8.76. The van der Waals surface area contributed by atoms with Crippen molar-refractivity contribution < 1.29 is 19.1 Å². The van der Waals surface area contributed by atoms with Gasteiger partial charge in [-0.2, -0.15) is 0 Å². The van der Waals surface area contributed by atoms with Gasteiger partial charge in [-0.05, 0) is 36.7 Å². The van der Waals surface area contributed by atoms with E-state index in [2.05, 4.69) is 0 Å². The Kier molecular flexibility index (Phi) is 5.98. The summed E-state index contributed by atoms with van der Waals surface area (Å²) in [6.07, 6.45) is 5.82. The number of hydrogen-bond acceptors (Lipinski definition) is 5. The van der Waals surface area contributed by atoms with Crippen LogP contribution in [-0.2, 0) is 9.59 Å². The van der Waals surface area contributed by atoms with Crippen molar-refractivity contribution in [3.8, 4) is 5.75 Å². The Morgan fingerprint density at radius 2 is 1.85 bits per heavy atom. The number of rotatable bonds is 4. The van der Waals surface area contributed by atoms with E-state index in [1.54, 1.807) is 24.2 Å². The van der Waals surface area contributed by atoms with Crippen LogP contribution >= 0.6 is 11.8 Å². The standard InChI is InChI=1S/C19H22N2O4S/c1-25-15-9-5-4-8-14(15)12-16-18(23)21(19(24)26-16)13-17(22)20-10-6-2-3-7-11-20/h4-5,8-9,12H,2-3,6-7,10-11,13H2,1H3/b16-12+. The predicted octanol–water partition coefficient (Wildman–Crippen LogP) is 3.13. The summed E-state index contributed by atoms with van der Waals surface area (Å²) in [5, 5.41) is -0.403. The lowest BCUT2D eigenvalue weighted by atomic mass is 10.2. The molecule has 138 valence electrons. The molecule has 0 bridgehead atoms. The largest absolute Gasteiger partial charge is 0.496 e. The molecule has 7 heteroatoms. The monoisotopic (exact) mass is 374 g/mol. The Morgan fingerprint density at radius 1 is 1.15 bits per heavy atom. The summed E-state index contributed by atoms with van der Waals surface area (Å²) in [7, 11) is 1.55. The minimum atomic E-state index is -0.422. The van der Waals surface area contributed by atoms with Crippen LogP contribution in [0.3, 0.4) is 0 Å². The molecule has 1 aromatic rings. The van der Waals surface area contributed by atoms with Crippen molar-refractivity contribution in [1.29, 1.82) is 0 Å². The fraction of sp³-hybridized carbons (Fsp3) is 0.421. The van der Waals surface area contributed by atoms with Crippen LogP contribution in [0.5, 0.6) is 5.75 Å². The van der Waals surface area contributed by atoms with Crippen LogP contribution in [0.4, 0.5) is 4.79 Å². The molecule has 1 aromatic carbocycles. The molecule has 0 radical (unpaired) electrons. The number of carbonyl (C=O) groups is 3. The Morgan fingerprint density at radius 3 is 2.54 bits per heavy atom. The van der Waals surface area contributed by atoms with Gasteiger partial charge >= 0.3 is 0 Å². The SMILES string of the molecule is COc1ccccc1/C=C1/SC(=O)N(CC(=O)N2CCCCCC2)C1=O. The molecule has 2 aliphatic heterocycles. The quantitative estimate of drug-likeness (QED) is 0.758. The van der Waals surface area contributed by atoms with E-state index >= 15 is 0 Å². The first-order valence-corrected chi connectivity index (χ1v) is 9.58. The number of hydrogen-bond donors (Lipinski definition) is 0. The van der Waals surface area contributed by atoms with E-state index < -0.39 is 11.1 Å². The van der Waals surface area contributed by atoms with Crippen molar-refractivity contribution in [2.24, 2.45) is 0 Å². The third-order valence-electron chi connectivity index (χ3n) is 4.55. The first-order chi connectivity index (χ1) is 12.6. The smallest absolute Gasteiger partial charge is 0.294 e. The number of methoxy groups -OCH3 is 1. The zero-order chi connectivity index (χ0) is 18.5. The second-order valence-electron chi connectivity index (χ2n) is 6.30. The van der Waals surface area contributed by atoms with Crippen molar-refractivity contribution in [2.45, 2.75) is 25.7 Å². The highest BCUT2D eigenvalue weighted by Crippen LogP contribution is 2.33. The third kappa shape index (κ3) is 4.09. The normalized spacial score (nSPS) is 19.8. The number of thioether (sulfide) groups is 1. The fourth-order valence-electron chi connectivity index (χ4n) is 3.12. The molecule has 2 aliphatic rings. The zero-order valence-corrected chi connectivity index (χ0v) is 15.6. The molecule has 2 heterocycles. The second kappa shape index (κ2) is 8.40. The van der Waals surface area contributed by atoms with Crippen LogP contribution in [0.1, 0.15) is 31.2 Å². The first kappa shape index (κ1) is 18.5. The van der Waals surface area contributed by atoms with Gasteiger partial charge in [0.2, 0.25) is 5.91 Å². The number of amides is 3. The minimum absolute atomic E-state index is 0.159. The molecule has 0 unspecified atom stereocenters. The summed E-state index contributed by atoms with van der Waals surface area (Å²) in [6.45, 7) is 1.21. The van der Waals surface area contributed by atoms with Gasteiger partial charge in [-0.3, -0.25) is 19.3 Å². The van der Waals surface area contributed by atoms with Crippen molar-refractivity contribution in [1.82, 2.24) is 9.80 Å². The van der Waals surface area contributed by atoms with Crippen LogP contribution < -0.4 is 4.74 Å². The summed E-state index contributed by atoms with van der Waals surface area (Å²) in [5.74, 6) is 0.0433. The summed E-state index contributed by atoms with van der Waals surface area (Å²) < 4.78 is 5.28. The van der Waals surface area contributed by atoms with Gasteiger partial charge in [0, 0.05) is 18.7 Å². The average Bonchev–Trinajstić information content (AvgIpc) is 2.86. The van der Waals surface area contributed by atoms with E-state index in [0.29, 0.717) is 23.7 Å². The minimum Gasteiger partial charge on any atom is -0.496 e. The van der Waals surface area contributed by atoms with Crippen molar-refractivity contribution in [2.75, 3.05) is 26.7 Å². The maximum atomic E-state index is 12.6. The maximum absolute atomic E-state index is 12.6. The Bertz CT molecular complexity index is 739. The number of imide groups is 1. The number of carbonyl (C=O) groups excluding carboxylic acids is 3. The third-order valence-corrected chi connectivity index (χ3v) is 5.46. The highest BCUT2D eigenvalue weighted by atomic mass is 32.2. The highest BCUT2D eigenvalue weighted by molar-refractivity contribution is 8.18. The number of likely N-dealkylation sites (tertiary alicyclic amines) is 1. The van der Waals surface area contributed by atoms with Crippen molar-refractivity contribution >= 4 is 34.9 Å². The fourth-order valence-corrected chi connectivity index (χ4v) is 3.95. The lowest BCUT2D eigenvalue weighted by Gasteiger charge is -2.22. The molecule has 0 saturated carbocycles. The van der Waals surface area contributed by atoms with Crippen LogP contribution in [0.2, 0.25) is 0 Å². The molecule has 2 fully saturated rings. The molecule has 3 amide bonds. The molecule has 0 atom stereocenters. The Balaban J connectivity index is 1.72. The van der Waals surface area contributed by atoms with Crippen LogP contribution in [0.25, 0.3) is 6.08 Å². The summed E-state index contributed by atoms with van der Waals surface area (Å²) in [4.78, 5) is 40.5. The van der Waals surface area contributed by atoms with E-state index in [1.807, 2.05) is 18.2 Å². The van der Waals surface area contributed by atoms with E-state index in [-0.39, 0.29) is 12.5 Å². The van der Waals surface area contributed by atoms with Gasteiger partial charge < -0.3 is 9.64 Å². The zero-order valence-electron chi connectivity index (χ0n) is 14.8. The second-order valence-corrected chi connectivity index (χ2v) is 7.30. The van der Waals surface area contributed by atoms with Gasteiger partial charge in [-0.1, -0.05) is 31.0 Å². The van der Waals surface area contributed by atoms with Crippen molar-refractivity contribution in [3.63, 3.8) is 0 Å². The molecule has 0 aromatic heterocycles. The molecule has 0 aliphatic carbocycles.